The zero-order chi connectivity index (χ0) is 22.3. The standard InChI is InChI=1S/C18H21F3N8O2/c1-28-8-11(15(27-28)18(19,20)21)24-17(31)9-7-23-29-6-5-13(26-16(9)29)25-14-10(22)3-2-4-12(14)30/h5-8,10,12,14,30H,2-4,22H2,1H3,(H,24,31)(H,25,26)/t10-,12?,14-/m1/s1. The summed E-state index contributed by atoms with van der Waals surface area (Å²) in [5.41, 5.74) is 4.55. The van der Waals surface area contributed by atoms with Gasteiger partial charge in [-0.05, 0) is 25.3 Å². The topological polar surface area (TPSA) is 135 Å². The number of halogens is 3. The van der Waals surface area contributed by atoms with E-state index in [1.54, 1.807) is 12.3 Å². The fraction of sp³-hybridized carbons (Fsp3) is 0.444. The summed E-state index contributed by atoms with van der Waals surface area (Å²) in [5, 5.41) is 22.9. The number of alkyl halides is 3. The van der Waals surface area contributed by atoms with Crippen molar-refractivity contribution in [2.45, 2.75) is 43.6 Å². The van der Waals surface area contributed by atoms with Gasteiger partial charge in [0.1, 0.15) is 11.4 Å². The van der Waals surface area contributed by atoms with E-state index < -0.39 is 35.6 Å². The van der Waals surface area contributed by atoms with Crippen molar-refractivity contribution >= 4 is 23.1 Å². The molecule has 3 heterocycles. The maximum Gasteiger partial charge on any atom is 0.437 e. The molecule has 3 aromatic heterocycles. The van der Waals surface area contributed by atoms with Gasteiger partial charge in [-0.1, -0.05) is 0 Å². The third-order valence-electron chi connectivity index (χ3n) is 5.19. The Bertz CT molecular complexity index is 1100. The maximum absolute atomic E-state index is 13.2. The van der Waals surface area contributed by atoms with Crippen LogP contribution in [0.5, 0.6) is 0 Å². The van der Waals surface area contributed by atoms with Gasteiger partial charge in [-0.2, -0.15) is 23.4 Å². The van der Waals surface area contributed by atoms with E-state index in [4.69, 9.17) is 5.73 Å². The minimum Gasteiger partial charge on any atom is -0.391 e. The minimum atomic E-state index is -4.72. The number of aryl methyl sites for hydroxylation is 1. The Hall–Kier alpha value is -3.19. The molecular formula is C18H21F3N8O2. The van der Waals surface area contributed by atoms with Crippen molar-refractivity contribution in [2.75, 3.05) is 10.6 Å². The van der Waals surface area contributed by atoms with E-state index in [0.29, 0.717) is 12.2 Å². The normalized spacial score (nSPS) is 21.9. The van der Waals surface area contributed by atoms with Gasteiger partial charge in [-0.25, -0.2) is 9.50 Å². The van der Waals surface area contributed by atoms with Gasteiger partial charge in [0.25, 0.3) is 5.91 Å². The van der Waals surface area contributed by atoms with E-state index in [2.05, 4.69) is 25.8 Å². The fourth-order valence-electron chi connectivity index (χ4n) is 3.67. The molecule has 0 aromatic carbocycles. The Morgan fingerprint density at radius 1 is 1.35 bits per heavy atom. The van der Waals surface area contributed by atoms with Gasteiger partial charge in [-0.15, -0.1) is 0 Å². The van der Waals surface area contributed by atoms with E-state index in [1.807, 2.05) is 0 Å². The highest BCUT2D eigenvalue weighted by Gasteiger charge is 2.38. The van der Waals surface area contributed by atoms with Crippen LogP contribution in [0.3, 0.4) is 0 Å². The smallest absolute Gasteiger partial charge is 0.391 e. The molecule has 0 saturated heterocycles. The molecule has 5 N–H and O–H groups in total. The lowest BCUT2D eigenvalue weighted by Crippen LogP contribution is -2.51. The molecule has 3 aromatic rings. The van der Waals surface area contributed by atoms with Crippen LogP contribution in [0, 0.1) is 0 Å². The second kappa shape index (κ2) is 7.81. The van der Waals surface area contributed by atoms with Gasteiger partial charge in [0.15, 0.2) is 11.3 Å². The summed E-state index contributed by atoms with van der Waals surface area (Å²) in [7, 11) is 1.32. The SMILES string of the molecule is Cn1cc(NC(=O)c2cnn3ccc(N[C@H]4C(O)CCC[C@H]4N)nc23)c(C(F)(F)F)n1. The van der Waals surface area contributed by atoms with Crippen LogP contribution in [-0.2, 0) is 13.2 Å². The highest BCUT2D eigenvalue weighted by Crippen LogP contribution is 2.33. The number of aliphatic hydroxyl groups is 1. The summed E-state index contributed by atoms with van der Waals surface area (Å²) in [5.74, 6) is -0.451. The van der Waals surface area contributed by atoms with Crippen LogP contribution in [0.15, 0.2) is 24.7 Å². The average Bonchev–Trinajstić information content (AvgIpc) is 3.27. The summed E-state index contributed by atoms with van der Waals surface area (Å²) in [6.07, 6.45) is 0.664. The number of fused-ring (bicyclic) bond motifs is 1. The molecule has 1 aliphatic rings. The lowest BCUT2D eigenvalue weighted by molar-refractivity contribution is -0.140. The Balaban J connectivity index is 1.60. The summed E-state index contributed by atoms with van der Waals surface area (Å²) in [4.78, 5) is 17.0. The lowest BCUT2D eigenvalue weighted by Gasteiger charge is -2.34. The van der Waals surface area contributed by atoms with Crippen LogP contribution >= 0.6 is 0 Å². The molecule has 1 fully saturated rings. The second-order valence-electron chi connectivity index (χ2n) is 7.49. The highest BCUT2D eigenvalue weighted by atomic mass is 19.4. The van der Waals surface area contributed by atoms with Crippen LogP contribution in [0.4, 0.5) is 24.7 Å². The largest absolute Gasteiger partial charge is 0.437 e. The van der Waals surface area contributed by atoms with Crippen molar-refractivity contribution in [2.24, 2.45) is 12.8 Å². The van der Waals surface area contributed by atoms with Crippen molar-refractivity contribution in [3.05, 3.63) is 35.9 Å². The van der Waals surface area contributed by atoms with Crippen molar-refractivity contribution in [3.63, 3.8) is 0 Å². The number of hydrogen-bond donors (Lipinski definition) is 4. The Morgan fingerprint density at radius 3 is 2.84 bits per heavy atom. The number of carbonyl (C=O) groups is 1. The van der Waals surface area contributed by atoms with Crippen molar-refractivity contribution in [1.29, 1.82) is 0 Å². The zero-order valence-corrected chi connectivity index (χ0v) is 16.5. The quantitative estimate of drug-likeness (QED) is 0.483. The van der Waals surface area contributed by atoms with Gasteiger partial charge < -0.3 is 21.5 Å². The van der Waals surface area contributed by atoms with Crippen molar-refractivity contribution < 1.29 is 23.1 Å². The average molecular weight is 438 g/mol. The molecule has 31 heavy (non-hydrogen) atoms. The maximum atomic E-state index is 13.2. The van der Waals surface area contributed by atoms with Crippen molar-refractivity contribution in [1.82, 2.24) is 24.4 Å². The number of amides is 1. The fourth-order valence-corrected chi connectivity index (χ4v) is 3.67. The monoisotopic (exact) mass is 438 g/mol. The number of nitrogens with zero attached hydrogens (tertiary/aromatic N) is 5. The predicted molar refractivity (Wildman–Crippen MR) is 104 cm³/mol. The van der Waals surface area contributed by atoms with Crippen LogP contribution in [0.2, 0.25) is 0 Å². The van der Waals surface area contributed by atoms with Crippen LogP contribution in [-0.4, -0.2) is 53.6 Å². The molecule has 1 saturated carbocycles. The third-order valence-corrected chi connectivity index (χ3v) is 5.19. The van der Waals surface area contributed by atoms with E-state index in [-0.39, 0.29) is 17.3 Å². The second-order valence-corrected chi connectivity index (χ2v) is 7.49. The zero-order valence-electron chi connectivity index (χ0n) is 16.5. The van der Waals surface area contributed by atoms with E-state index >= 15 is 0 Å². The molecule has 4 rings (SSSR count). The Kier molecular flexibility index (Phi) is 5.31. The number of aliphatic hydroxyl groups excluding tert-OH is 1. The van der Waals surface area contributed by atoms with Gasteiger partial charge in [0.2, 0.25) is 0 Å². The molecular weight excluding hydrogens is 417 g/mol. The van der Waals surface area contributed by atoms with Crippen LogP contribution in [0.1, 0.15) is 35.3 Å². The Morgan fingerprint density at radius 2 is 2.13 bits per heavy atom. The first-order chi connectivity index (χ1) is 14.6. The van der Waals surface area contributed by atoms with E-state index in [1.165, 1.54) is 17.8 Å². The number of aromatic nitrogens is 5. The third kappa shape index (κ3) is 4.18. The minimum absolute atomic E-state index is 0.0193. The molecule has 10 nitrogen and oxygen atoms in total. The molecule has 0 radical (unpaired) electrons. The van der Waals surface area contributed by atoms with Crippen LogP contribution in [0.25, 0.3) is 5.65 Å². The number of hydrogen-bond acceptors (Lipinski definition) is 7. The summed E-state index contributed by atoms with van der Waals surface area (Å²) < 4.78 is 41.7. The number of carbonyl (C=O) groups excluding carboxylic acids is 1. The molecule has 1 aliphatic carbocycles. The van der Waals surface area contributed by atoms with Gasteiger partial charge in [0, 0.05) is 25.5 Å². The first-order valence-corrected chi connectivity index (χ1v) is 9.60. The summed E-state index contributed by atoms with van der Waals surface area (Å²) in [6.45, 7) is 0. The van der Waals surface area contributed by atoms with Gasteiger partial charge in [-0.3, -0.25) is 9.48 Å². The summed E-state index contributed by atoms with van der Waals surface area (Å²) >= 11 is 0. The van der Waals surface area contributed by atoms with Gasteiger partial charge in [0.05, 0.1) is 24.0 Å². The highest BCUT2D eigenvalue weighted by molar-refractivity contribution is 6.08. The first kappa shape index (κ1) is 21.1. The van der Waals surface area contributed by atoms with E-state index in [9.17, 15) is 23.1 Å². The lowest BCUT2D eigenvalue weighted by atomic mass is 9.88. The molecule has 0 aliphatic heterocycles. The first-order valence-electron chi connectivity index (χ1n) is 9.60. The summed E-state index contributed by atoms with van der Waals surface area (Å²) in [6, 6.07) is 0.938. The molecule has 13 heteroatoms. The molecule has 3 atom stereocenters. The number of rotatable bonds is 4. The number of nitrogens with two attached hydrogens (primary N) is 1. The molecule has 166 valence electrons. The molecule has 0 spiro atoms. The molecule has 1 unspecified atom stereocenters. The molecule has 1 amide bonds. The predicted octanol–water partition coefficient (Wildman–Crippen LogP) is 1.39. The number of anilines is 2. The van der Waals surface area contributed by atoms with Crippen LogP contribution < -0.4 is 16.4 Å². The van der Waals surface area contributed by atoms with Crippen molar-refractivity contribution in [3.8, 4) is 0 Å². The van der Waals surface area contributed by atoms with E-state index in [0.717, 1.165) is 23.7 Å². The number of nitrogens with one attached hydrogen (secondary N) is 2. The molecule has 0 bridgehead atoms. The van der Waals surface area contributed by atoms with Gasteiger partial charge >= 0.3 is 6.18 Å². The Labute approximate surface area is 174 Å².